The fraction of sp³-hybridized carbons (Fsp3) is 0.562. The lowest BCUT2D eigenvalue weighted by molar-refractivity contribution is -0.137. The molecule has 116 valence electrons. The summed E-state index contributed by atoms with van der Waals surface area (Å²) < 4.78 is 12.9. The van der Waals surface area contributed by atoms with E-state index in [9.17, 15) is 9.18 Å². The molecule has 0 bridgehead atoms. The van der Waals surface area contributed by atoms with Gasteiger partial charge in [0.1, 0.15) is 5.82 Å². The van der Waals surface area contributed by atoms with Gasteiger partial charge in [-0.2, -0.15) is 0 Å². The van der Waals surface area contributed by atoms with Crippen molar-refractivity contribution in [3.05, 3.63) is 30.1 Å². The molecule has 1 heterocycles. The lowest BCUT2D eigenvalue weighted by Gasteiger charge is -2.39. The monoisotopic (exact) mass is 293 g/mol. The molecule has 5 heteroatoms. The number of nitrogens with zero attached hydrogens (tertiary/aromatic N) is 2. The number of halogens is 1. The number of hydrogen-bond donors (Lipinski definition) is 1. The number of rotatable bonds is 4. The summed E-state index contributed by atoms with van der Waals surface area (Å²) in [5.41, 5.74) is 6.34. The van der Waals surface area contributed by atoms with Crippen molar-refractivity contribution in [3.8, 4) is 0 Å². The lowest BCUT2D eigenvalue weighted by atomic mass is 9.95. The molecule has 1 saturated heterocycles. The fourth-order valence-electron chi connectivity index (χ4n) is 2.81. The van der Waals surface area contributed by atoms with Crippen molar-refractivity contribution in [1.29, 1.82) is 0 Å². The van der Waals surface area contributed by atoms with E-state index in [0.29, 0.717) is 19.5 Å². The van der Waals surface area contributed by atoms with Gasteiger partial charge in [0.25, 0.3) is 0 Å². The number of piperazine rings is 1. The van der Waals surface area contributed by atoms with Crippen LogP contribution in [0.3, 0.4) is 0 Å². The number of anilines is 1. The third kappa shape index (κ3) is 3.73. The molecule has 0 spiro atoms. The van der Waals surface area contributed by atoms with Crippen molar-refractivity contribution >= 4 is 11.6 Å². The Kier molecular flexibility index (Phi) is 4.83. The van der Waals surface area contributed by atoms with Crippen LogP contribution in [0.5, 0.6) is 0 Å². The largest absolute Gasteiger partial charge is 0.368 e. The van der Waals surface area contributed by atoms with Crippen LogP contribution in [-0.4, -0.2) is 42.5 Å². The summed E-state index contributed by atoms with van der Waals surface area (Å²) in [5, 5.41) is 0. The third-order valence-corrected chi connectivity index (χ3v) is 4.02. The van der Waals surface area contributed by atoms with E-state index in [1.54, 1.807) is 12.1 Å². The zero-order chi connectivity index (χ0) is 15.5. The van der Waals surface area contributed by atoms with Gasteiger partial charge in [-0.25, -0.2) is 4.39 Å². The smallest absolute Gasteiger partial charge is 0.242 e. The van der Waals surface area contributed by atoms with E-state index in [4.69, 9.17) is 5.73 Å². The van der Waals surface area contributed by atoms with Gasteiger partial charge >= 0.3 is 0 Å². The molecule has 0 saturated carbocycles. The molecule has 1 unspecified atom stereocenters. The van der Waals surface area contributed by atoms with E-state index < -0.39 is 5.54 Å². The summed E-state index contributed by atoms with van der Waals surface area (Å²) in [6.45, 7) is 6.66. The first-order valence-electron chi connectivity index (χ1n) is 7.53. The van der Waals surface area contributed by atoms with Crippen LogP contribution >= 0.6 is 0 Å². The van der Waals surface area contributed by atoms with Gasteiger partial charge in [0.15, 0.2) is 0 Å². The molecule has 1 aromatic rings. The quantitative estimate of drug-likeness (QED) is 0.923. The molecule has 1 aliphatic heterocycles. The van der Waals surface area contributed by atoms with Gasteiger partial charge in [-0.15, -0.1) is 0 Å². The zero-order valence-electron chi connectivity index (χ0n) is 12.8. The van der Waals surface area contributed by atoms with Crippen LogP contribution < -0.4 is 10.6 Å². The fourth-order valence-corrected chi connectivity index (χ4v) is 2.81. The molecular weight excluding hydrogens is 269 g/mol. The molecule has 2 N–H and O–H groups in total. The maximum Gasteiger partial charge on any atom is 0.242 e. The van der Waals surface area contributed by atoms with E-state index >= 15 is 0 Å². The van der Waals surface area contributed by atoms with Crippen LogP contribution in [0.25, 0.3) is 0 Å². The van der Waals surface area contributed by atoms with Gasteiger partial charge in [0.05, 0.1) is 5.54 Å². The van der Waals surface area contributed by atoms with Gasteiger partial charge < -0.3 is 15.5 Å². The summed E-state index contributed by atoms with van der Waals surface area (Å²) in [6.07, 6.45) is 1.60. The average molecular weight is 293 g/mol. The normalized spacial score (nSPS) is 18.5. The Morgan fingerprint density at radius 1 is 1.24 bits per heavy atom. The summed E-state index contributed by atoms with van der Waals surface area (Å²) >= 11 is 0. The van der Waals surface area contributed by atoms with Crippen LogP contribution in [0.2, 0.25) is 0 Å². The standard InChI is InChI=1S/C16H24FN3O/c1-3-8-16(2,18)15(21)20-11-9-19(10-12-20)14-6-4-13(17)5-7-14/h4-7H,3,8-12,18H2,1-2H3. The first-order valence-corrected chi connectivity index (χ1v) is 7.53. The van der Waals surface area contributed by atoms with Crippen LogP contribution in [0.4, 0.5) is 10.1 Å². The molecule has 1 aromatic carbocycles. The number of benzene rings is 1. The van der Waals surface area contributed by atoms with Crippen LogP contribution in [0.1, 0.15) is 26.7 Å². The van der Waals surface area contributed by atoms with E-state index in [0.717, 1.165) is 25.2 Å². The Morgan fingerprint density at radius 2 is 1.81 bits per heavy atom. The highest BCUT2D eigenvalue weighted by molar-refractivity contribution is 5.85. The Hall–Kier alpha value is -1.62. The van der Waals surface area contributed by atoms with Gasteiger partial charge in [-0.3, -0.25) is 4.79 Å². The van der Waals surface area contributed by atoms with Crippen LogP contribution in [0, 0.1) is 5.82 Å². The number of carbonyl (C=O) groups is 1. The first-order chi connectivity index (χ1) is 9.94. The Morgan fingerprint density at radius 3 is 2.33 bits per heavy atom. The van der Waals surface area contributed by atoms with E-state index in [1.165, 1.54) is 12.1 Å². The van der Waals surface area contributed by atoms with Gasteiger partial charge in [-0.05, 0) is 37.6 Å². The second kappa shape index (κ2) is 6.43. The van der Waals surface area contributed by atoms with Gasteiger partial charge in [0, 0.05) is 31.9 Å². The topological polar surface area (TPSA) is 49.6 Å². The molecule has 0 radical (unpaired) electrons. The predicted molar refractivity (Wildman–Crippen MR) is 82.7 cm³/mol. The lowest BCUT2D eigenvalue weighted by Crippen LogP contribution is -2.58. The Labute approximate surface area is 125 Å². The molecule has 1 amide bonds. The van der Waals surface area contributed by atoms with Crippen molar-refractivity contribution in [1.82, 2.24) is 4.90 Å². The second-order valence-corrected chi connectivity index (χ2v) is 5.92. The van der Waals surface area contributed by atoms with E-state index in [2.05, 4.69) is 4.90 Å². The SMILES string of the molecule is CCCC(C)(N)C(=O)N1CCN(c2ccc(F)cc2)CC1. The Bertz CT molecular complexity index is 479. The van der Waals surface area contributed by atoms with Crippen molar-refractivity contribution in [3.63, 3.8) is 0 Å². The van der Waals surface area contributed by atoms with Crippen molar-refractivity contribution in [2.75, 3.05) is 31.1 Å². The molecule has 1 fully saturated rings. The zero-order valence-corrected chi connectivity index (χ0v) is 12.8. The molecular formula is C16H24FN3O. The number of carbonyl (C=O) groups excluding carboxylic acids is 1. The molecule has 1 atom stereocenters. The molecule has 2 rings (SSSR count). The van der Waals surface area contributed by atoms with Gasteiger partial charge in [-0.1, -0.05) is 13.3 Å². The number of hydrogen-bond acceptors (Lipinski definition) is 3. The molecule has 1 aliphatic rings. The van der Waals surface area contributed by atoms with Crippen molar-refractivity contribution in [2.45, 2.75) is 32.2 Å². The van der Waals surface area contributed by atoms with Crippen molar-refractivity contribution in [2.24, 2.45) is 5.73 Å². The molecule has 4 nitrogen and oxygen atoms in total. The average Bonchev–Trinajstić information content (AvgIpc) is 2.47. The van der Waals surface area contributed by atoms with E-state index in [-0.39, 0.29) is 11.7 Å². The molecule has 0 aromatic heterocycles. The summed E-state index contributed by atoms with van der Waals surface area (Å²) in [4.78, 5) is 16.4. The van der Waals surface area contributed by atoms with Crippen LogP contribution in [0.15, 0.2) is 24.3 Å². The van der Waals surface area contributed by atoms with E-state index in [1.807, 2.05) is 18.7 Å². The maximum absolute atomic E-state index is 12.9. The highest BCUT2D eigenvalue weighted by Crippen LogP contribution is 2.19. The predicted octanol–water partition coefficient (Wildman–Crippen LogP) is 1.99. The maximum atomic E-state index is 12.9. The minimum atomic E-state index is -0.771. The Balaban J connectivity index is 1.94. The molecule has 0 aliphatic carbocycles. The highest BCUT2D eigenvalue weighted by Gasteiger charge is 2.33. The summed E-state index contributed by atoms with van der Waals surface area (Å²) in [7, 11) is 0. The third-order valence-electron chi connectivity index (χ3n) is 4.02. The van der Waals surface area contributed by atoms with Crippen LogP contribution in [-0.2, 0) is 4.79 Å². The highest BCUT2D eigenvalue weighted by atomic mass is 19.1. The second-order valence-electron chi connectivity index (χ2n) is 5.92. The minimum absolute atomic E-state index is 0.0307. The summed E-state index contributed by atoms with van der Waals surface area (Å²) in [5.74, 6) is -0.200. The number of amides is 1. The summed E-state index contributed by atoms with van der Waals surface area (Å²) in [6, 6.07) is 6.48. The first kappa shape index (κ1) is 15.8. The van der Waals surface area contributed by atoms with Crippen molar-refractivity contribution < 1.29 is 9.18 Å². The molecule has 21 heavy (non-hydrogen) atoms. The van der Waals surface area contributed by atoms with Gasteiger partial charge in [0.2, 0.25) is 5.91 Å². The number of nitrogens with two attached hydrogens (primary N) is 1. The minimum Gasteiger partial charge on any atom is -0.368 e.